The summed E-state index contributed by atoms with van der Waals surface area (Å²) in [5.74, 6) is 0.774. The van der Waals surface area contributed by atoms with Crippen LogP contribution in [0, 0.1) is 0 Å². The van der Waals surface area contributed by atoms with Crippen LogP contribution in [0.2, 0.25) is 0 Å². The Morgan fingerprint density at radius 1 is 1.29 bits per heavy atom. The van der Waals surface area contributed by atoms with E-state index in [1.54, 1.807) is 25.4 Å². The number of nitrogens with one attached hydrogen (secondary N) is 1. The second-order valence-electron chi connectivity index (χ2n) is 6.51. The molecule has 150 valence electrons. The minimum Gasteiger partial charge on any atom is -0.497 e. The number of rotatable bonds is 8. The molecule has 1 fully saturated rings. The molecule has 8 heteroatoms. The number of aromatic nitrogens is 1. The molecular formula is C20H25N3O4S. The normalized spacial score (nSPS) is 20.6. The summed E-state index contributed by atoms with van der Waals surface area (Å²) in [6, 6.07) is 12.8. The molecular weight excluding hydrogens is 378 g/mol. The molecule has 1 N–H and O–H groups in total. The smallest absolute Gasteiger partial charge is 0.218 e. The Hall–Kier alpha value is -2.26. The predicted octanol–water partition coefficient (Wildman–Crippen LogP) is 1.88. The first-order chi connectivity index (χ1) is 13.5. The van der Waals surface area contributed by atoms with E-state index in [-0.39, 0.29) is 12.6 Å². The lowest BCUT2D eigenvalue weighted by atomic mass is 10.1. The number of nitrogens with zero attached hydrogens (tertiary/aromatic N) is 2. The van der Waals surface area contributed by atoms with Crippen LogP contribution >= 0.6 is 0 Å². The maximum atomic E-state index is 12.8. The van der Waals surface area contributed by atoms with Crippen molar-refractivity contribution >= 4 is 16.1 Å². The number of hydrogen-bond donors (Lipinski definition) is 1. The van der Waals surface area contributed by atoms with Gasteiger partial charge >= 0.3 is 0 Å². The minimum atomic E-state index is -3.54. The first-order valence-corrected chi connectivity index (χ1v) is 10.6. The van der Waals surface area contributed by atoms with E-state index in [1.807, 2.05) is 54.6 Å². The zero-order valence-corrected chi connectivity index (χ0v) is 16.8. The Bertz CT molecular complexity index is 885. The van der Waals surface area contributed by atoms with Crippen LogP contribution < -0.4 is 9.46 Å². The fourth-order valence-corrected chi connectivity index (χ4v) is 4.50. The van der Waals surface area contributed by atoms with Crippen molar-refractivity contribution in [1.82, 2.24) is 14.8 Å². The van der Waals surface area contributed by atoms with Gasteiger partial charge in [-0.25, -0.2) is 13.1 Å². The fraction of sp³-hybridized carbons (Fsp3) is 0.350. The summed E-state index contributed by atoms with van der Waals surface area (Å²) >= 11 is 0. The van der Waals surface area contributed by atoms with Crippen LogP contribution in [-0.4, -0.2) is 57.1 Å². The summed E-state index contributed by atoms with van der Waals surface area (Å²) < 4.78 is 33.4. The van der Waals surface area contributed by atoms with E-state index >= 15 is 0 Å². The quantitative estimate of drug-likeness (QED) is 0.725. The first kappa shape index (κ1) is 20.5. The van der Waals surface area contributed by atoms with Gasteiger partial charge in [-0.05, 0) is 29.8 Å². The second-order valence-corrected chi connectivity index (χ2v) is 8.50. The van der Waals surface area contributed by atoms with E-state index in [1.165, 1.54) is 0 Å². The van der Waals surface area contributed by atoms with Gasteiger partial charge in [0, 0.05) is 31.9 Å². The number of sulfonamides is 1. The molecule has 1 aliphatic rings. The molecule has 2 heterocycles. The summed E-state index contributed by atoms with van der Waals surface area (Å²) in [5, 5.41) is 0.901. The van der Waals surface area contributed by atoms with Crippen molar-refractivity contribution in [2.45, 2.75) is 17.7 Å². The average molecular weight is 404 g/mol. The second kappa shape index (κ2) is 9.29. The van der Waals surface area contributed by atoms with Crippen LogP contribution in [0.3, 0.4) is 0 Å². The maximum absolute atomic E-state index is 12.8. The molecule has 1 aliphatic heterocycles. The molecule has 0 bridgehead atoms. The molecule has 28 heavy (non-hydrogen) atoms. The number of hydroxylamine groups is 2. The van der Waals surface area contributed by atoms with Crippen LogP contribution in [0.1, 0.15) is 11.3 Å². The summed E-state index contributed by atoms with van der Waals surface area (Å²) in [5.41, 5.74) is 1.81. The molecule has 7 nitrogen and oxygen atoms in total. The van der Waals surface area contributed by atoms with Gasteiger partial charge in [0.25, 0.3) is 0 Å². The fourth-order valence-electron chi connectivity index (χ4n) is 3.03. The molecule has 1 aromatic heterocycles. The Labute approximate surface area is 166 Å². The third kappa shape index (κ3) is 5.17. The van der Waals surface area contributed by atoms with Crippen LogP contribution in [0.5, 0.6) is 5.75 Å². The lowest BCUT2D eigenvalue weighted by Crippen LogP contribution is -2.43. The van der Waals surface area contributed by atoms with Crippen LogP contribution in [0.15, 0.2) is 54.7 Å². The molecule has 0 amide bonds. The van der Waals surface area contributed by atoms with Gasteiger partial charge in [-0.1, -0.05) is 30.4 Å². The highest BCUT2D eigenvalue weighted by molar-refractivity contribution is 7.90. The van der Waals surface area contributed by atoms with Crippen molar-refractivity contribution in [3.63, 3.8) is 0 Å². The highest BCUT2D eigenvalue weighted by Crippen LogP contribution is 2.22. The van der Waals surface area contributed by atoms with Gasteiger partial charge in [0.05, 0.1) is 19.8 Å². The van der Waals surface area contributed by atoms with Crippen molar-refractivity contribution < 1.29 is 18.0 Å². The highest BCUT2D eigenvalue weighted by Gasteiger charge is 2.40. The van der Waals surface area contributed by atoms with E-state index in [0.717, 1.165) is 17.0 Å². The van der Waals surface area contributed by atoms with Gasteiger partial charge in [-0.15, -0.1) is 0 Å². The zero-order chi connectivity index (χ0) is 20.0. The molecule has 0 aliphatic carbocycles. The van der Waals surface area contributed by atoms with Gasteiger partial charge in [-0.2, -0.15) is 5.06 Å². The van der Waals surface area contributed by atoms with E-state index in [4.69, 9.17) is 9.57 Å². The van der Waals surface area contributed by atoms with E-state index in [9.17, 15) is 8.42 Å². The van der Waals surface area contributed by atoms with Gasteiger partial charge < -0.3 is 4.74 Å². The molecule has 2 unspecified atom stereocenters. The molecule has 0 radical (unpaired) electrons. The Balaban J connectivity index is 1.64. The van der Waals surface area contributed by atoms with Crippen LogP contribution in [0.25, 0.3) is 6.08 Å². The maximum Gasteiger partial charge on any atom is 0.218 e. The molecule has 3 rings (SSSR count). The van der Waals surface area contributed by atoms with Gasteiger partial charge in [0.15, 0.2) is 0 Å². The zero-order valence-electron chi connectivity index (χ0n) is 16.0. The monoisotopic (exact) mass is 403 g/mol. The van der Waals surface area contributed by atoms with Crippen molar-refractivity contribution in [3.8, 4) is 5.75 Å². The van der Waals surface area contributed by atoms with Crippen molar-refractivity contribution in [2.24, 2.45) is 0 Å². The average Bonchev–Trinajstić information content (AvgIpc) is 3.09. The van der Waals surface area contributed by atoms with Gasteiger partial charge in [-0.3, -0.25) is 9.82 Å². The van der Waals surface area contributed by atoms with Crippen molar-refractivity contribution in [1.29, 1.82) is 0 Å². The van der Waals surface area contributed by atoms with E-state index in [0.29, 0.717) is 13.0 Å². The molecule has 2 atom stereocenters. The standard InChI is InChI=1S/C20H25N3O4S/c1-23-19(11-8-16-6-9-18(26-2)10-7-16)20(15-27-23)28(24,25)22-14-12-17-5-3-4-13-21-17/h3-11,13,19-20,22H,12,14-15H2,1-2H3/b11-8+. The molecule has 0 spiro atoms. The van der Waals surface area contributed by atoms with E-state index < -0.39 is 15.3 Å². The SMILES string of the molecule is COc1ccc(/C=C/C2C(S(=O)(=O)NCCc3ccccn3)CON2C)cc1. The number of likely N-dealkylation sites (N-methyl/N-ethyl adjacent to an activating group) is 1. The predicted molar refractivity (Wildman–Crippen MR) is 108 cm³/mol. The highest BCUT2D eigenvalue weighted by atomic mass is 32.2. The largest absolute Gasteiger partial charge is 0.497 e. The summed E-state index contributed by atoms with van der Waals surface area (Å²) in [4.78, 5) is 9.69. The van der Waals surface area contributed by atoms with Crippen LogP contribution in [-0.2, 0) is 21.3 Å². The number of methoxy groups -OCH3 is 1. The number of hydrogen-bond acceptors (Lipinski definition) is 6. The third-order valence-corrected chi connectivity index (χ3v) is 6.47. The Morgan fingerprint density at radius 2 is 2.07 bits per heavy atom. The molecule has 0 saturated carbocycles. The topological polar surface area (TPSA) is 80.8 Å². The van der Waals surface area contributed by atoms with E-state index in [2.05, 4.69) is 9.71 Å². The molecule has 1 aromatic carbocycles. The molecule has 1 saturated heterocycles. The number of benzene rings is 1. The first-order valence-electron chi connectivity index (χ1n) is 9.06. The number of pyridine rings is 1. The number of ether oxygens (including phenoxy) is 1. The summed E-state index contributed by atoms with van der Waals surface area (Å²) in [7, 11) is -0.183. The summed E-state index contributed by atoms with van der Waals surface area (Å²) in [6.07, 6.45) is 5.99. The minimum absolute atomic E-state index is 0.118. The van der Waals surface area contributed by atoms with Crippen LogP contribution in [0.4, 0.5) is 0 Å². The van der Waals surface area contributed by atoms with Crippen molar-refractivity contribution in [3.05, 3.63) is 66.0 Å². The third-order valence-electron chi connectivity index (χ3n) is 4.65. The van der Waals surface area contributed by atoms with Crippen molar-refractivity contribution in [2.75, 3.05) is 27.3 Å². The van der Waals surface area contributed by atoms with Gasteiger partial charge in [0.1, 0.15) is 11.0 Å². The van der Waals surface area contributed by atoms with Gasteiger partial charge in [0.2, 0.25) is 10.0 Å². The lowest BCUT2D eigenvalue weighted by molar-refractivity contribution is -0.100. The Kier molecular flexibility index (Phi) is 6.79. The lowest BCUT2D eigenvalue weighted by Gasteiger charge is -2.19. The summed E-state index contributed by atoms with van der Waals surface area (Å²) in [6.45, 7) is 0.418. The Morgan fingerprint density at radius 3 is 2.75 bits per heavy atom. The molecule has 2 aromatic rings.